The van der Waals surface area contributed by atoms with E-state index < -0.39 is 0 Å². The van der Waals surface area contributed by atoms with Crippen LogP contribution in [0.2, 0.25) is 6.04 Å². The summed E-state index contributed by atoms with van der Waals surface area (Å²) in [5.74, 6) is -0.301. The predicted molar refractivity (Wildman–Crippen MR) is 147 cm³/mol. The average Bonchev–Trinajstić information content (AvgIpc) is 2.69. The van der Waals surface area contributed by atoms with Gasteiger partial charge >= 0.3 is 5.97 Å². The van der Waals surface area contributed by atoms with Gasteiger partial charge in [-0.25, -0.2) is 4.79 Å². The molecule has 0 saturated carbocycles. The van der Waals surface area contributed by atoms with E-state index in [0.29, 0.717) is 0 Å². The Bertz CT molecular complexity index is 378. The summed E-state index contributed by atoms with van der Waals surface area (Å²) in [4.78, 5) is 11.1. The summed E-state index contributed by atoms with van der Waals surface area (Å²) in [6.07, 6.45) is 24.6. The number of rotatable bonds is 22. The molecule has 0 heterocycles. The minimum atomic E-state index is -0.301. The summed E-state index contributed by atoms with van der Waals surface area (Å²) in [7, 11) is 1.15. The lowest BCUT2D eigenvalue weighted by atomic mass is 10.0. The molecule has 5 heteroatoms. The monoisotopic (exact) mass is 646 g/mol. The molecular formula is C24H44I2O2Si. The predicted octanol–water partition coefficient (Wildman–Crippen LogP) is 9.01. The molecule has 0 aromatic carbocycles. The number of carbonyl (C=O) groups is 1. The van der Waals surface area contributed by atoms with E-state index in [1.165, 1.54) is 108 Å². The first-order chi connectivity index (χ1) is 14.1. The van der Waals surface area contributed by atoms with Crippen LogP contribution in [0.4, 0.5) is 0 Å². The fraction of sp³-hybridized carbons (Fsp3) is 0.875. The van der Waals surface area contributed by atoms with Crippen LogP contribution in [-0.4, -0.2) is 23.1 Å². The zero-order valence-electron chi connectivity index (χ0n) is 18.7. The fourth-order valence-corrected chi connectivity index (χ4v) is 6.09. The smallest absolute Gasteiger partial charge is 0.330 e. The topological polar surface area (TPSA) is 26.3 Å². The van der Waals surface area contributed by atoms with Crippen molar-refractivity contribution in [2.24, 2.45) is 0 Å². The maximum absolute atomic E-state index is 11.1. The number of carbonyl (C=O) groups excluding carboxylic acids is 1. The van der Waals surface area contributed by atoms with E-state index in [9.17, 15) is 4.79 Å². The Morgan fingerprint density at radius 3 is 1.55 bits per heavy atom. The second kappa shape index (κ2) is 23.5. The van der Waals surface area contributed by atoms with E-state index in [2.05, 4.69) is 51.8 Å². The molecule has 1 atom stereocenters. The maximum atomic E-state index is 11.1. The lowest BCUT2D eigenvalue weighted by Crippen LogP contribution is -2.12. The number of halogens is 2. The molecule has 0 aliphatic heterocycles. The minimum Gasteiger partial charge on any atom is -0.460 e. The lowest BCUT2D eigenvalue weighted by Gasteiger charge is -2.11. The van der Waals surface area contributed by atoms with Gasteiger partial charge in [-0.15, -0.1) is 0 Å². The zero-order chi connectivity index (χ0) is 21.6. The molecule has 29 heavy (non-hydrogen) atoms. The van der Waals surface area contributed by atoms with E-state index in [-0.39, 0.29) is 12.1 Å². The Hall–Kier alpha value is 0.887. The van der Waals surface area contributed by atoms with Gasteiger partial charge in [0.25, 0.3) is 0 Å². The summed E-state index contributed by atoms with van der Waals surface area (Å²) < 4.78 is 6.03. The number of hydrogen-bond donors (Lipinski definition) is 0. The summed E-state index contributed by atoms with van der Waals surface area (Å²) in [6, 6.07) is 1.45. The molecule has 0 aliphatic carbocycles. The van der Waals surface area contributed by atoms with E-state index >= 15 is 0 Å². The van der Waals surface area contributed by atoms with Gasteiger partial charge in [0, 0.05) is 6.08 Å². The highest BCUT2D eigenvalue weighted by Crippen LogP contribution is 2.16. The molecule has 0 aromatic rings. The zero-order valence-corrected chi connectivity index (χ0v) is 24.1. The van der Waals surface area contributed by atoms with Gasteiger partial charge in [-0.05, 0) is 19.8 Å². The van der Waals surface area contributed by atoms with Gasteiger partial charge in [0.2, 0.25) is 0 Å². The van der Waals surface area contributed by atoms with Gasteiger partial charge in [-0.3, -0.25) is 0 Å². The third-order valence-electron chi connectivity index (χ3n) is 5.32. The van der Waals surface area contributed by atoms with Crippen molar-refractivity contribution in [3.63, 3.8) is 0 Å². The Kier molecular flexibility index (Phi) is 24.3. The summed E-state index contributed by atoms with van der Waals surface area (Å²) >= 11 is 5.07. The van der Waals surface area contributed by atoms with Gasteiger partial charge in [0.05, 0.1) is 17.2 Å². The SMILES string of the molecule is C=CC(=O)OC(C)CCCCCCCCCCCCCCCCCC[Si]C(I)I. The average molecular weight is 647 g/mol. The highest BCUT2D eigenvalue weighted by Gasteiger charge is 2.05. The number of esters is 1. The molecule has 2 nitrogen and oxygen atoms in total. The van der Waals surface area contributed by atoms with Crippen molar-refractivity contribution in [2.45, 2.75) is 130 Å². The maximum Gasteiger partial charge on any atom is 0.330 e. The fourth-order valence-electron chi connectivity index (χ4n) is 3.55. The number of ether oxygens (including phenoxy) is 1. The highest BCUT2D eigenvalue weighted by molar-refractivity contribution is 14.2. The molecule has 0 amide bonds. The normalized spacial score (nSPS) is 12.3. The quantitative estimate of drug-likeness (QED) is 0.0293. The van der Waals surface area contributed by atoms with Crippen LogP contribution in [0.15, 0.2) is 12.7 Å². The molecule has 0 N–H and O–H groups in total. The summed E-state index contributed by atoms with van der Waals surface area (Å²) in [6.45, 7) is 5.40. The van der Waals surface area contributed by atoms with Crippen LogP contribution in [-0.2, 0) is 9.53 Å². The minimum absolute atomic E-state index is 0.0231. The van der Waals surface area contributed by atoms with E-state index in [1.54, 1.807) is 0 Å². The van der Waals surface area contributed by atoms with Gasteiger partial charge in [0.1, 0.15) is 0 Å². The Labute approximate surface area is 211 Å². The van der Waals surface area contributed by atoms with Crippen molar-refractivity contribution < 1.29 is 9.53 Å². The standard InChI is InChI=1S/C24H44I2O2Si/c1-3-23(27)28-22(2)20-18-16-14-12-10-8-6-4-5-7-9-11-13-15-17-19-21-29-24(25)26/h3,22,24H,1,4-21H2,2H3. The largest absolute Gasteiger partial charge is 0.460 e. The van der Waals surface area contributed by atoms with Crippen LogP contribution in [0, 0.1) is 0 Å². The third kappa shape index (κ3) is 25.0. The Balaban J connectivity index is 3.12. The molecule has 0 aliphatic rings. The molecule has 0 saturated heterocycles. The number of hydrogen-bond acceptors (Lipinski definition) is 2. The molecule has 0 spiro atoms. The van der Waals surface area contributed by atoms with Gasteiger partial charge in [0.15, 0.2) is 0 Å². The van der Waals surface area contributed by atoms with Crippen molar-refractivity contribution in [2.75, 3.05) is 0 Å². The number of unbranched alkanes of at least 4 members (excludes halogenated alkanes) is 15. The van der Waals surface area contributed by atoms with Crippen LogP contribution in [0.3, 0.4) is 0 Å². The summed E-state index contributed by atoms with van der Waals surface area (Å²) in [5, 5.41) is 0. The molecule has 0 fully saturated rings. The second-order valence-electron chi connectivity index (χ2n) is 8.15. The third-order valence-corrected chi connectivity index (χ3v) is 8.91. The Morgan fingerprint density at radius 1 is 0.793 bits per heavy atom. The molecule has 0 aromatic heterocycles. The van der Waals surface area contributed by atoms with E-state index in [4.69, 9.17) is 4.74 Å². The van der Waals surface area contributed by atoms with E-state index in [0.717, 1.165) is 23.9 Å². The molecule has 0 rings (SSSR count). The van der Waals surface area contributed by atoms with Gasteiger partial charge < -0.3 is 4.74 Å². The van der Waals surface area contributed by atoms with Crippen molar-refractivity contribution >= 4 is 60.7 Å². The first-order valence-electron chi connectivity index (χ1n) is 11.9. The van der Waals surface area contributed by atoms with E-state index in [1.807, 2.05) is 6.92 Å². The highest BCUT2D eigenvalue weighted by atomic mass is 127. The van der Waals surface area contributed by atoms with Crippen LogP contribution in [0.25, 0.3) is 0 Å². The summed E-state index contributed by atoms with van der Waals surface area (Å²) in [5.41, 5.74) is 0. The van der Waals surface area contributed by atoms with Crippen molar-refractivity contribution in [1.82, 2.24) is 0 Å². The second-order valence-corrected chi connectivity index (χ2v) is 16.9. The van der Waals surface area contributed by atoms with Crippen molar-refractivity contribution in [3.05, 3.63) is 12.7 Å². The first-order valence-corrected chi connectivity index (χ1v) is 15.7. The number of alkyl halides is 2. The molecular weight excluding hydrogens is 602 g/mol. The first kappa shape index (κ1) is 29.9. The van der Waals surface area contributed by atoms with Gasteiger partial charge in [-0.1, -0.05) is 154 Å². The molecule has 2 radical (unpaired) electrons. The molecule has 0 bridgehead atoms. The van der Waals surface area contributed by atoms with Gasteiger partial charge in [-0.2, -0.15) is 0 Å². The van der Waals surface area contributed by atoms with Crippen LogP contribution < -0.4 is 0 Å². The molecule has 1 unspecified atom stereocenters. The molecule has 170 valence electrons. The van der Waals surface area contributed by atoms with Crippen LogP contribution in [0.5, 0.6) is 0 Å². The van der Waals surface area contributed by atoms with Crippen LogP contribution >= 0.6 is 45.2 Å². The van der Waals surface area contributed by atoms with Crippen LogP contribution in [0.1, 0.15) is 116 Å². The Morgan fingerprint density at radius 2 is 1.17 bits per heavy atom. The lowest BCUT2D eigenvalue weighted by molar-refractivity contribution is -0.142. The van der Waals surface area contributed by atoms with Crippen molar-refractivity contribution in [1.29, 1.82) is 0 Å². The van der Waals surface area contributed by atoms with Crippen molar-refractivity contribution in [3.8, 4) is 0 Å².